The maximum Gasteiger partial charge on any atom is 0.167 e. The third-order valence-electron chi connectivity index (χ3n) is 12.3. The van der Waals surface area contributed by atoms with E-state index in [-0.39, 0.29) is 5.41 Å². The van der Waals surface area contributed by atoms with Crippen molar-refractivity contribution in [3.05, 3.63) is 193 Å². The Morgan fingerprint density at radius 1 is 0.407 bits per heavy atom. The van der Waals surface area contributed by atoms with Crippen LogP contribution in [0, 0.1) is 0 Å². The van der Waals surface area contributed by atoms with Gasteiger partial charge in [0.1, 0.15) is 11.2 Å². The molecule has 12 rings (SSSR count). The molecule has 1 aliphatic carbocycles. The van der Waals surface area contributed by atoms with Gasteiger partial charge in [0.15, 0.2) is 17.5 Å². The summed E-state index contributed by atoms with van der Waals surface area (Å²) in [6.07, 6.45) is 0. The van der Waals surface area contributed by atoms with E-state index in [0.717, 1.165) is 55.3 Å². The van der Waals surface area contributed by atoms with Crippen molar-refractivity contribution in [1.29, 1.82) is 0 Å². The first-order chi connectivity index (χ1) is 29.0. The van der Waals surface area contributed by atoms with Crippen LogP contribution in [0.4, 0.5) is 0 Å². The molecule has 0 aliphatic heterocycles. The molecule has 0 saturated carbocycles. The Balaban J connectivity index is 0.990. The molecule has 11 aromatic rings. The fourth-order valence-electron chi connectivity index (χ4n) is 9.35. The minimum Gasteiger partial charge on any atom is -0.455 e. The number of hydrogen-bond donors (Lipinski definition) is 0. The molecule has 0 fully saturated rings. The second kappa shape index (κ2) is 12.7. The Hall–Kier alpha value is -7.63. The minimum atomic E-state index is -0.0553. The molecule has 3 heterocycles. The minimum absolute atomic E-state index is 0.0553. The topological polar surface area (TPSA) is 56.7 Å². The van der Waals surface area contributed by atoms with E-state index in [0.29, 0.717) is 17.5 Å². The van der Waals surface area contributed by atoms with Crippen molar-refractivity contribution in [2.75, 3.05) is 0 Å². The highest BCUT2D eigenvalue weighted by Gasteiger charge is 2.35. The van der Waals surface area contributed by atoms with Crippen LogP contribution in [0.3, 0.4) is 0 Å². The van der Waals surface area contributed by atoms with Crippen LogP contribution in [0.2, 0.25) is 0 Å². The molecule has 59 heavy (non-hydrogen) atoms. The summed E-state index contributed by atoms with van der Waals surface area (Å²) < 4.78 is 9.08. The molecule has 5 heteroatoms. The van der Waals surface area contributed by atoms with Gasteiger partial charge in [-0.25, -0.2) is 15.0 Å². The van der Waals surface area contributed by atoms with Gasteiger partial charge >= 0.3 is 0 Å². The van der Waals surface area contributed by atoms with Crippen molar-refractivity contribution in [1.82, 2.24) is 19.5 Å². The highest BCUT2D eigenvalue weighted by molar-refractivity contribution is 6.12. The highest BCUT2D eigenvalue weighted by atomic mass is 16.3. The summed E-state index contributed by atoms with van der Waals surface area (Å²) in [5, 5.41) is 4.48. The predicted octanol–water partition coefficient (Wildman–Crippen LogP) is 13.8. The summed E-state index contributed by atoms with van der Waals surface area (Å²) in [6.45, 7) is 4.69. The SMILES string of the molecule is CC1(C)c2ccccc2-c2ccc(-c3ccc4c(c3)c3ccccc3n4-c3ccc4oc5c(-c6nc(-c7ccccc7)nc(-c7ccccc7)n6)cccc5c4c3)cc21. The number of rotatable bonds is 5. The van der Waals surface area contributed by atoms with Gasteiger partial charge in [0.2, 0.25) is 0 Å². The monoisotopic (exact) mass is 756 g/mol. The summed E-state index contributed by atoms with van der Waals surface area (Å²) in [6, 6.07) is 64.3. The third kappa shape index (κ3) is 5.14. The van der Waals surface area contributed by atoms with Crippen LogP contribution in [0.15, 0.2) is 186 Å². The first-order valence-electron chi connectivity index (χ1n) is 20.1. The maximum absolute atomic E-state index is 6.70. The van der Waals surface area contributed by atoms with E-state index in [9.17, 15) is 0 Å². The fraction of sp³-hybridized carbons (Fsp3) is 0.0556. The van der Waals surface area contributed by atoms with Crippen molar-refractivity contribution < 1.29 is 4.42 Å². The number of fused-ring (bicyclic) bond motifs is 9. The first-order valence-corrected chi connectivity index (χ1v) is 20.1. The lowest BCUT2D eigenvalue weighted by molar-refractivity contribution is 0.660. The summed E-state index contributed by atoms with van der Waals surface area (Å²) in [5.74, 6) is 1.80. The molecule has 3 aromatic heterocycles. The van der Waals surface area contributed by atoms with Crippen molar-refractivity contribution >= 4 is 43.7 Å². The molecule has 0 saturated heterocycles. The number of nitrogens with zero attached hydrogens (tertiary/aromatic N) is 4. The molecule has 0 amide bonds. The Kier molecular flexibility index (Phi) is 7.20. The number of para-hydroxylation sites is 2. The summed E-state index contributed by atoms with van der Waals surface area (Å²) in [7, 11) is 0. The molecule has 0 atom stereocenters. The van der Waals surface area contributed by atoms with Gasteiger partial charge in [-0.15, -0.1) is 0 Å². The van der Waals surface area contributed by atoms with Crippen molar-refractivity contribution in [2.45, 2.75) is 19.3 Å². The van der Waals surface area contributed by atoms with E-state index < -0.39 is 0 Å². The largest absolute Gasteiger partial charge is 0.455 e. The van der Waals surface area contributed by atoms with Gasteiger partial charge in [0.05, 0.1) is 16.6 Å². The molecule has 0 unspecified atom stereocenters. The van der Waals surface area contributed by atoms with E-state index in [1.165, 1.54) is 44.2 Å². The Morgan fingerprint density at radius 3 is 1.81 bits per heavy atom. The van der Waals surface area contributed by atoms with Crippen LogP contribution in [-0.4, -0.2) is 19.5 Å². The van der Waals surface area contributed by atoms with E-state index in [4.69, 9.17) is 19.4 Å². The Bertz CT molecular complexity index is 3410. The average molecular weight is 757 g/mol. The van der Waals surface area contributed by atoms with Crippen LogP contribution >= 0.6 is 0 Å². The molecule has 0 radical (unpaired) electrons. The third-order valence-corrected chi connectivity index (χ3v) is 12.3. The van der Waals surface area contributed by atoms with Gasteiger partial charge in [0, 0.05) is 43.8 Å². The smallest absolute Gasteiger partial charge is 0.167 e. The lowest BCUT2D eigenvalue weighted by Crippen LogP contribution is -2.14. The van der Waals surface area contributed by atoms with Crippen LogP contribution in [0.5, 0.6) is 0 Å². The zero-order valence-corrected chi connectivity index (χ0v) is 32.5. The predicted molar refractivity (Wildman–Crippen MR) is 241 cm³/mol. The number of hydrogen-bond acceptors (Lipinski definition) is 4. The van der Waals surface area contributed by atoms with E-state index in [1.807, 2.05) is 66.7 Å². The van der Waals surface area contributed by atoms with Gasteiger partial charge in [0.25, 0.3) is 0 Å². The summed E-state index contributed by atoms with van der Waals surface area (Å²) >= 11 is 0. The molecule has 5 nitrogen and oxygen atoms in total. The first kappa shape index (κ1) is 33.5. The Morgan fingerprint density at radius 2 is 1.02 bits per heavy atom. The lowest BCUT2D eigenvalue weighted by atomic mass is 9.81. The lowest BCUT2D eigenvalue weighted by Gasteiger charge is -2.22. The molecule has 1 aliphatic rings. The van der Waals surface area contributed by atoms with Gasteiger partial charge < -0.3 is 8.98 Å². The quantitative estimate of drug-likeness (QED) is 0.175. The number of furan rings is 1. The fourth-order valence-corrected chi connectivity index (χ4v) is 9.35. The van der Waals surface area contributed by atoms with Gasteiger partial charge in [-0.2, -0.15) is 0 Å². The Labute approximate surface area is 340 Å². The van der Waals surface area contributed by atoms with Crippen LogP contribution < -0.4 is 0 Å². The number of benzene rings is 8. The normalized spacial score (nSPS) is 13.1. The van der Waals surface area contributed by atoms with Crippen molar-refractivity contribution in [3.63, 3.8) is 0 Å². The zero-order chi connectivity index (χ0) is 39.2. The maximum atomic E-state index is 6.70. The van der Waals surface area contributed by atoms with Crippen molar-refractivity contribution in [2.24, 2.45) is 0 Å². The second-order valence-electron chi connectivity index (χ2n) is 16.0. The van der Waals surface area contributed by atoms with E-state index in [1.54, 1.807) is 0 Å². The van der Waals surface area contributed by atoms with Crippen LogP contribution in [0.1, 0.15) is 25.0 Å². The standard InChI is InChI=1S/C54H36N4O/c1-54(2)45-22-11-9-18-38(45)39-27-24-36(31-46(39)54)35-25-28-48-43(30-35)40-19-10-12-23-47(40)58(48)37-26-29-49-44(32-37)41-20-13-21-42(50(41)59-49)53-56-51(33-14-5-3-6-15-33)55-52(57-53)34-16-7-4-8-17-34/h3-32H,1-2H3. The highest BCUT2D eigenvalue weighted by Crippen LogP contribution is 2.50. The molecule has 0 N–H and O–H groups in total. The second-order valence-corrected chi connectivity index (χ2v) is 16.0. The van der Waals surface area contributed by atoms with Gasteiger partial charge in [-0.1, -0.05) is 147 Å². The molecule has 0 spiro atoms. The summed E-state index contributed by atoms with van der Waals surface area (Å²) in [4.78, 5) is 15.0. The zero-order valence-electron chi connectivity index (χ0n) is 32.5. The molecule has 8 aromatic carbocycles. The van der Waals surface area contributed by atoms with Gasteiger partial charge in [-0.3, -0.25) is 0 Å². The molecular formula is C54H36N4O. The van der Waals surface area contributed by atoms with Crippen LogP contribution in [-0.2, 0) is 5.41 Å². The summed E-state index contributed by atoms with van der Waals surface area (Å²) in [5.41, 5.74) is 15.5. The van der Waals surface area contributed by atoms with E-state index in [2.05, 4.69) is 134 Å². The molecule has 278 valence electrons. The van der Waals surface area contributed by atoms with Crippen molar-refractivity contribution in [3.8, 4) is 62.1 Å². The average Bonchev–Trinajstić information content (AvgIpc) is 3.91. The van der Waals surface area contributed by atoms with E-state index >= 15 is 0 Å². The molecule has 0 bridgehead atoms. The number of aromatic nitrogens is 4. The van der Waals surface area contributed by atoms with Crippen LogP contribution in [0.25, 0.3) is 106 Å². The molecular weight excluding hydrogens is 721 g/mol. The van der Waals surface area contributed by atoms with Gasteiger partial charge in [-0.05, 0) is 81.9 Å².